The molecule has 18 heavy (non-hydrogen) atoms. The molecule has 0 amide bonds. The highest BCUT2D eigenvalue weighted by atomic mass is 32.1. The van der Waals surface area contributed by atoms with Crippen LogP contribution in [-0.4, -0.2) is 15.8 Å². The molecule has 0 saturated heterocycles. The maximum absolute atomic E-state index is 5.33. The zero-order chi connectivity index (χ0) is 12.8. The summed E-state index contributed by atoms with van der Waals surface area (Å²) in [5.74, 6) is 0.902. The van der Waals surface area contributed by atoms with Crippen molar-refractivity contribution in [2.75, 3.05) is 6.54 Å². The van der Waals surface area contributed by atoms with Gasteiger partial charge in [-0.15, -0.1) is 12.6 Å². The van der Waals surface area contributed by atoms with E-state index in [2.05, 4.69) is 24.8 Å². The van der Waals surface area contributed by atoms with Crippen LogP contribution in [0.3, 0.4) is 0 Å². The molecule has 0 aliphatic heterocycles. The van der Waals surface area contributed by atoms with E-state index in [0.717, 1.165) is 18.7 Å². The Morgan fingerprint density at radius 1 is 1.17 bits per heavy atom. The third-order valence-electron chi connectivity index (χ3n) is 2.71. The van der Waals surface area contributed by atoms with E-state index in [4.69, 9.17) is 16.6 Å². The minimum Gasteiger partial charge on any atom is -0.467 e. The lowest BCUT2D eigenvalue weighted by molar-refractivity contribution is 0.374. The summed E-state index contributed by atoms with van der Waals surface area (Å²) in [6.07, 6.45) is 2.62. The van der Waals surface area contributed by atoms with Gasteiger partial charge in [-0.05, 0) is 24.1 Å². The van der Waals surface area contributed by atoms with Crippen LogP contribution in [0, 0.1) is 0 Å². The van der Waals surface area contributed by atoms with E-state index in [-0.39, 0.29) is 0 Å². The van der Waals surface area contributed by atoms with Crippen molar-refractivity contribution in [2.45, 2.75) is 13.0 Å². The fourth-order valence-corrected chi connectivity index (χ4v) is 2.07. The average Bonchev–Trinajstić information content (AvgIpc) is 2.88. The number of rotatable bonds is 5. The van der Waals surface area contributed by atoms with Crippen LogP contribution in [0.5, 0.6) is 0 Å². The summed E-state index contributed by atoms with van der Waals surface area (Å²) in [6, 6.07) is 14.2. The Labute approximate surface area is 118 Å². The van der Waals surface area contributed by atoms with Crippen molar-refractivity contribution in [3.05, 3.63) is 60.1 Å². The fourth-order valence-electron chi connectivity index (χ4n) is 1.74. The maximum atomic E-state index is 5.33. The molecule has 1 aromatic heterocycles. The van der Waals surface area contributed by atoms with Crippen LogP contribution in [0.25, 0.3) is 0 Å². The molecule has 1 aromatic carbocycles. The summed E-state index contributed by atoms with van der Waals surface area (Å²) in [5.41, 5.74) is 1.30. The SMILES string of the molecule is S=C(S)N(CCc1ccccc1)Cc1ccco1. The first-order valence-corrected chi connectivity index (χ1v) is 6.65. The second-order valence-corrected chi connectivity index (χ2v) is 5.13. The first-order chi connectivity index (χ1) is 8.75. The number of thiocarbonyl (C=S) groups is 1. The minimum absolute atomic E-state index is 0.599. The Kier molecular flexibility index (Phi) is 4.84. The van der Waals surface area contributed by atoms with Crippen LogP contribution < -0.4 is 0 Å². The van der Waals surface area contributed by atoms with Crippen LogP contribution in [0.4, 0.5) is 0 Å². The molecular weight excluding hydrogens is 262 g/mol. The van der Waals surface area contributed by atoms with Crippen molar-refractivity contribution in [1.29, 1.82) is 0 Å². The van der Waals surface area contributed by atoms with Gasteiger partial charge in [0, 0.05) is 6.54 Å². The Hall–Kier alpha value is -1.26. The van der Waals surface area contributed by atoms with E-state index >= 15 is 0 Å². The van der Waals surface area contributed by atoms with E-state index in [9.17, 15) is 0 Å². The molecule has 2 rings (SSSR count). The number of nitrogens with zero attached hydrogens (tertiary/aromatic N) is 1. The lowest BCUT2D eigenvalue weighted by Gasteiger charge is -2.21. The highest BCUT2D eigenvalue weighted by Crippen LogP contribution is 2.10. The van der Waals surface area contributed by atoms with Gasteiger partial charge in [0.15, 0.2) is 0 Å². The van der Waals surface area contributed by atoms with E-state index < -0.39 is 0 Å². The Balaban J connectivity index is 1.93. The van der Waals surface area contributed by atoms with Crippen LogP contribution >= 0.6 is 24.8 Å². The molecule has 0 atom stereocenters. The maximum Gasteiger partial charge on any atom is 0.133 e. The normalized spacial score (nSPS) is 10.3. The number of thiol groups is 1. The number of hydrogen-bond donors (Lipinski definition) is 1. The molecule has 0 radical (unpaired) electrons. The summed E-state index contributed by atoms with van der Waals surface area (Å²) in [5, 5.41) is 0. The second kappa shape index (κ2) is 6.61. The van der Waals surface area contributed by atoms with E-state index in [1.165, 1.54) is 5.56 Å². The van der Waals surface area contributed by atoms with E-state index in [0.29, 0.717) is 10.9 Å². The molecule has 4 heteroatoms. The summed E-state index contributed by atoms with van der Waals surface area (Å²) < 4.78 is 5.93. The minimum atomic E-state index is 0.599. The molecule has 1 heterocycles. The number of hydrogen-bond acceptors (Lipinski definition) is 2. The van der Waals surface area contributed by atoms with Gasteiger partial charge in [-0.3, -0.25) is 0 Å². The number of benzene rings is 1. The molecule has 0 aliphatic rings. The van der Waals surface area contributed by atoms with Gasteiger partial charge in [0.05, 0.1) is 12.8 Å². The van der Waals surface area contributed by atoms with Crippen molar-refractivity contribution in [3.8, 4) is 0 Å². The van der Waals surface area contributed by atoms with Crippen molar-refractivity contribution in [3.63, 3.8) is 0 Å². The van der Waals surface area contributed by atoms with Crippen molar-refractivity contribution in [1.82, 2.24) is 4.90 Å². The fraction of sp³-hybridized carbons (Fsp3) is 0.214. The largest absolute Gasteiger partial charge is 0.467 e. The zero-order valence-corrected chi connectivity index (χ0v) is 11.7. The predicted molar refractivity (Wildman–Crippen MR) is 80.8 cm³/mol. The third kappa shape index (κ3) is 3.89. The molecular formula is C14H15NOS2. The summed E-state index contributed by atoms with van der Waals surface area (Å²) in [7, 11) is 0. The van der Waals surface area contributed by atoms with E-state index in [1.54, 1.807) is 6.26 Å². The smallest absolute Gasteiger partial charge is 0.133 e. The lowest BCUT2D eigenvalue weighted by Crippen LogP contribution is -2.27. The average molecular weight is 277 g/mol. The van der Waals surface area contributed by atoms with Crippen LogP contribution in [-0.2, 0) is 13.0 Å². The van der Waals surface area contributed by atoms with Gasteiger partial charge in [0.25, 0.3) is 0 Å². The lowest BCUT2D eigenvalue weighted by atomic mass is 10.1. The summed E-state index contributed by atoms with van der Waals surface area (Å²) >= 11 is 9.42. The van der Waals surface area contributed by atoms with Gasteiger partial charge in [-0.25, -0.2) is 0 Å². The van der Waals surface area contributed by atoms with Gasteiger partial charge >= 0.3 is 0 Å². The van der Waals surface area contributed by atoms with Gasteiger partial charge in [0.1, 0.15) is 10.1 Å². The first-order valence-electron chi connectivity index (χ1n) is 5.80. The molecule has 2 nitrogen and oxygen atoms in total. The van der Waals surface area contributed by atoms with Crippen molar-refractivity contribution < 1.29 is 4.42 Å². The van der Waals surface area contributed by atoms with Crippen molar-refractivity contribution >= 4 is 29.2 Å². The van der Waals surface area contributed by atoms with Gasteiger partial charge in [-0.1, -0.05) is 42.5 Å². The van der Waals surface area contributed by atoms with Crippen LogP contribution in [0.1, 0.15) is 11.3 Å². The first kappa shape index (κ1) is 13.2. The van der Waals surface area contributed by atoms with Crippen LogP contribution in [0.15, 0.2) is 53.1 Å². The standard InChI is InChI=1S/C14H15NOS2/c17-14(18)15(11-13-7-4-10-16-13)9-8-12-5-2-1-3-6-12/h1-7,10H,8-9,11H2,(H,17,18). The highest BCUT2D eigenvalue weighted by Gasteiger charge is 2.09. The highest BCUT2D eigenvalue weighted by molar-refractivity contribution is 8.10. The van der Waals surface area contributed by atoms with Crippen molar-refractivity contribution in [2.24, 2.45) is 0 Å². The molecule has 0 aliphatic carbocycles. The summed E-state index contributed by atoms with van der Waals surface area (Å²) in [6.45, 7) is 1.51. The van der Waals surface area contributed by atoms with E-state index in [1.807, 2.05) is 35.2 Å². The zero-order valence-electron chi connectivity index (χ0n) is 9.95. The Morgan fingerprint density at radius 2 is 1.94 bits per heavy atom. The molecule has 0 unspecified atom stereocenters. The topological polar surface area (TPSA) is 16.4 Å². The molecule has 0 saturated carbocycles. The van der Waals surface area contributed by atoms with Gasteiger partial charge in [-0.2, -0.15) is 0 Å². The third-order valence-corrected chi connectivity index (χ3v) is 3.25. The molecule has 0 N–H and O–H groups in total. The Bertz CT molecular complexity index is 482. The molecule has 0 spiro atoms. The quantitative estimate of drug-likeness (QED) is 0.665. The molecule has 0 bridgehead atoms. The van der Waals surface area contributed by atoms with Gasteiger partial charge in [0.2, 0.25) is 0 Å². The van der Waals surface area contributed by atoms with Crippen LogP contribution in [0.2, 0.25) is 0 Å². The predicted octanol–water partition coefficient (Wildman–Crippen LogP) is 3.54. The molecule has 0 fully saturated rings. The monoisotopic (exact) mass is 277 g/mol. The second-order valence-electron chi connectivity index (χ2n) is 4.02. The van der Waals surface area contributed by atoms with Gasteiger partial charge < -0.3 is 9.32 Å². The molecule has 2 aromatic rings. The molecule has 94 valence electrons. The Morgan fingerprint density at radius 3 is 2.56 bits per heavy atom. The number of furan rings is 1. The summed E-state index contributed by atoms with van der Waals surface area (Å²) in [4.78, 5) is 2.03.